The third-order valence-electron chi connectivity index (χ3n) is 2.66. The second-order valence-corrected chi connectivity index (χ2v) is 4.49. The van der Waals surface area contributed by atoms with E-state index in [0.29, 0.717) is 0 Å². The van der Waals surface area contributed by atoms with Crippen LogP contribution in [0.25, 0.3) is 10.9 Å². The summed E-state index contributed by atoms with van der Waals surface area (Å²) in [6.07, 6.45) is 0.337. The summed E-state index contributed by atoms with van der Waals surface area (Å²) in [7, 11) is 0. The molecule has 0 bridgehead atoms. The summed E-state index contributed by atoms with van der Waals surface area (Å²) in [6, 6.07) is 2.44. The fraction of sp³-hybridized carbons (Fsp3) is 0.357. The molecule has 6 heteroatoms. The van der Waals surface area contributed by atoms with Crippen LogP contribution < -0.4 is 4.74 Å². The fourth-order valence-corrected chi connectivity index (χ4v) is 1.88. The largest absolute Gasteiger partial charge is 0.488 e. The van der Waals surface area contributed by atoms with Gasteiger partial charge in [0, 0.05) is 17.6 Å². The molecule has 0 N–H and O–H groups in total. The van der Waals surface area contributed by atoms with E-state index in [0.717, 1.165) is 10.6 Å². The van der Waals surface area contributed by atoms with Gasteiger partial charge in [-0.2, -0.15) is 0 Å². The Balaban J connectivity index is 2.54. The Morgan fingerprint density at radius 3 is 2.70 bits per heavy atom. The van der Waals surface area contributed by atoms with Crippen molar-refractivity contribution in [3.63, 3.8) is 0 Å². The molecule has 0 atom stereocenters. The molecule has 0 aliphatic rings. The lowest BCUT2D eigenvalue weighted by Gasteiger charge is -2.10. The van der Waals surface area contributed by atoms with Crippen LogP contribution in [-0.4, -0.2) is 23.4 Å². The second kappa shape index (κ2) is 5.48. The van der Waals surface area contributed by atoms with Crippen LogP contribution in [0.15, 0.2) is 18.3 Å². The van der Waals surface area contributed by atoms with Gasteiger partial charge < -0.3 is 9.47 Å². The number of nitrogens with zero attached hydrogens (tertiary/aromatic N) is 1. The molecule has 2 aromatic rings. The maximum absolute atomic E-state index is 14.1. The van der Waals surface area contributed by atoms with Crippen molar-refractivity contribution in [2.24, 2.45) is 0 Å². The zero-order valence-electron chi connectivity index (χ0n) is 11.4. The first-order valence-corrected chi connectivity index (χ1v) is 6.28. The minimum absolute atomic E-state index is 0.106. The Kier molecular flexibility index (Phi) is 3.92. The number of halogens is 2. The van der Waals surface area contributed by atoms with Crippen molar-refractivity contribution in [3.05, 3.63) is 30.0 Å². The zero-order valence-corrected chi connectivity index (χ0v) is 11.4. The van der Waals surface area contributed by atoms with Gasteiger partial charge in [-0.1, -0.05) is 0 Å². The van der Waals surface area contributed by atoms with Gasteiger partial charge in [-0.3, -0.25) is 4.57 Å². The molecular weight excluding hydrogens is 268 g/mol. The summed E-state index contributed by atoms with van der Waals surface area (Å²) in [5.74, 6) is -2.11. The average molecular weight is 283 g/mol. The van der Waals surface area contributed by atoms with E-state index in [2.05, 4.69) is 0 Å². The topological polar surface area (TPSA) is 40.5 Å². The maximum Gasteiger partial charge on any atom is 0.418 e. The third kappa shape index (κ3) is 2.45. The number of hydrogen-bond donors (Lipinski definition) is 0. The first-order chi connectivity index (χ1) is 9.45. The SMILES string of the molecule is CCOc1c(F)cc2c(ccn2C(=O)OC(C)C)c1F. The highest BCUT2D eigenvalue weighted by molar-refractivity contribution is 5.90. The van der Waals surface area contributed by atoms with Crippen LogP contribution in [0.1, 0.15) is 20.8 Å². The average Bonchev–Trinajstić information content (AvgIpc) is 2.77. The third-order valence-corrected chi connectivity index (χ3v) is 2.66. The highest BCUT2D eigenvalue weighted by atomic mass is 19.1. The Labute approximate surface area is 114 Å². The molecule has 0 aliphatic heterocycles. The van der Waals surface area contributed by atoms with E-state index >= 15 is 0 Å². The van der Waals surface area contributed by atoms with E-state index in [-0.39, 0.29) is 23.6 Å². The molecule has 108 valence electrons. The summed E-state index contributed by atoms with van der Waals surface area (Å²) in [5.41, 5.74) is 0.106. The molecular formula is C14H15F2NO3. The van der Waals surface area contributed by atoms with Crippen LogP contribution >= 0.6 is 0 Å². The lowest BCUT2D eigenvalue weighted by Crippen LogP contribution is -2.17. The highest BCUT2D eigenvalue weighted by Gasteiger charge is 2.20. The van der Waals surface area contributed by atoms with Gasteiger partial charge >= 0.3 is 6.09 Å². The minimum atomic E-state index is -0.853. The number of hydrogen-bond acceptors (Lipinski definition) is 3. The molecule has 1 aromatic heterocycles. The van der Waals surface area contributed by atoms with Crippen LogP contribution in [0, 0.1) is 11.6 Å². The van der Waals surface area contributed by atoms with Crippen molar-refractivity contribution in [1.82, 2.24) is 4.57 Å². The number of benzene rings is 1. The van der Waals surface area contributed by atoms with Crippen molar-refractivity contribution < 1.29 is 23.0 Å². The quantitative estimate of drug-likeness (QED) is 0.862. The lowest BCUT2D eigenvalue weighted by molar-refractivity contribution is 0.118. The van der Waals surface area contributed by atoms with Gasteiger partial charge in [-0.25, -0.2) is 13.6 Å². The van der Waals surface area contributed by atoms with Crippen LogP contribution in [0.4, 0.5) is 13.6 Å². The first kappa shape index (κ1) is 14.3. The molecule has 0 radical (unpaired) electrons. The summed E-state index contributed by atoms with van der Waals surface area (Å²) in [4.78, 5) is 11.8. The highest BCUT2D eigenvalue weighted by Crippen LogP contribution is 2.30. The molecule has 1 aromatic carbocycles. The van der Waals surface area contributed by atoms with E-state index in [1.165, 1.54) is 12.3 Å². The Bertz CT molecular complexity index is 649. The second-order valence-electron chi connectivity index (χ2n) is 4.49. The molecule has 2 rings (SSSR count). The predicted molar refractivity (Wildman–Crippen MR) is 70.0 cm³/mol. The number of rotatable bonds is 3. The molecule has 0 saturated heterocycles. The number of aromatic nitrogens is 1. The standard InChI is InChI=1S/C14H15F2NO3/c1-4-19-13-10(15)7-11-9(12(13)16)5-6-17(11)14(18)20-8(2)3/h5-8H,4H2,1-3H3. The monoisotopic (exact) mass is 283 g/mol. The van der Waals surface area contributed by atoms with Crippen molar-refractivity contribution >= 4 is 17.0 Å². The van der Waals surface area contributed by atoms with Gasteiger partial charge in [-0.05, 0) is 26.8 Å². The van der Waals surface area contributed by atoms with Gasteiger partial charge in [-0.15, -0.1) is 0 Å². The van der Waals surface area contributed by atoms with Crippen LogP contribution in [-0.2, 0) is 4.74 Å². The lowest BCUT2D eigenvalue weighted by atomic mass is 10.2. The van der Waals surface area contributed by atoms with E-state index in [1.54, 1.807) is 20.8 Å². The van der Waals surface area contributed by atoms with Crippen LogP contribution in [0.3, 0.4) is 0 Å². The van der Waals surface area contributed by atoms with Crippen LogP contribution in [0.2, 0.25) is 0 Å². The number of carbonyl (C=O) groups excluding carboxylic acids is 1. The summed E-state index contributed by atoms with van der Waals surface area (Å²) in [6.45, 7) is 5.17. The smallest absolute Gasteiger partial charge is 0.418 e. The predicted octanol–water partition coefficient (Wildman–Crippen LogP) is 3.71. The molecule has 4 nitrogen and oxygen atoms in total. The molecule has 0 spiro atoms. The van der Waals surface area contributed by atoms with E-state index in [1.807, 2.05) is 0 Å². The molecule has 0 unspecified atom stereocenters. The van der Waals surface area contributed by atoms with E-state index < -0.39 is 23.5 Å². The minimum Gasteiger partial charge on any atom is -0.488 e. The Morgan fingerprint density at radius 2 is 2.10 bits per heavy atom. The summed E-state index contributed by atoms with van der Waals surface area (Å²) >= 11 is 0. The van der Waals surface area contributed by atoms with Gasteiger partial charge in [0.25, 0.3) is 0 Å². The van der Waals surface area contributed by atoms with Crippen molar-refractivity contribution in [1.29, 1.82) is 0 Å². The van der Waals surface area contributed by atoms with Gasteiger partial charge in [0.05, 0.1) is 18.2 Å². The number of carbonyl (C=O) groups is 1. The normalized spacial score (nSPS) is 11.1. The molecule has 0 aliphatic carbocycles. The summed E-state index contributed by atoms with van der Waals surface area (Å²) in [5, 5.41) is 0.107. The summed E-state index contributed by atoms with van der Waals surface area (Å²) < 4.78 is 39.0. The molecule has 20 heavy (non-hydrogen) atoms. The van der Waals surface area contributed by atoms with Crippen LogP contribution in [0.5, 0.6) is 5.75 Å². The molecule has 0 amide bonds. The first-order valence-electron chi connectivity index (χ1n) is 6.28. The van der Waals surface area contributed by atoms with E-state index in [4.69, 9.17) is 9.47 Å². The zero-order chi connectivity index (χ0) is 14.9. The Morgan fingerprint density at radius 1 is 1.40 bits per heavy atom. The Hall–Kier alpha value is -2.11. The van der Waals surface area contributed by atoms with Gasteiger partial charge in [0.2, 0.25) is 0 Å². The maximum atomic E-state index is 14.1. The molecule has 0 fully saturated rings. The van der Waals surface area contributed by atoms with Gasteiger partial charge in [0.1, 0.15) is 0 Å². The van der Waals surface area contributed by atoms with E-state index in [9.17, 15) is 13.6 Å². The van der Waals surface area contributed by atoms with Crippen molar-refractivity contribution in [3.8, 4) is 5.75 Å². The van der Waals surface area contributed by atoms with Crippen molar-refractivity contribution in [2.75, 3.05) is 6.61 Å². The molecule has 1 heterocycles. The van der Waals surface area contributed by atoms with Crippen molar-refractivity contribution in [2.45, 2.75) is 26.9 Å². The number of ether oxygens (including phenoxy) is 2. The van der Waals surface area contributed by atoms with Gasteiger partial charge in [0.15, 0.2) is 17.4 Å². The fourth-order valence-electron chi connectivity index (χ4n) is 1.88. The molecule has 0 saturated carbocycles. The number of fused-ring (bicyclic) bond motifs is 1.